The molecule has 0 radical (unpaired) electrons. The Kier molecular flexibility index (Phi) is 8.82. The van der Waals surface area contributed by atoms with Crippen LogP contribution in [0.25, 0.3) is 0 Å². The Bertz CT molecular complexity index is 614. The summed E-state index contributed by atoms with van der Waals surface area (Å²) in [5.41, 5.74) is 3.49. The van der Waals surface area contributed by atoms with Gasteiger partial charge in [0.25, 0.3) is 0 Å². The van der Waals surface area contributed by atoms with Gasteiger partial charge in [-0.1, -0.05) is 51.7 Å². The number of nitrogens with zero attached hydrogens (tertiary/aromatic N) is 1. The molecule has 0 saturated carbocycles. The maximum absolute atomic E-state index is 5.73. The predicted octanol–water partition coefficient (Wildman–Crippen LogP) is 6.74. The van der Waals surface area contributed by atoms with Gasteiger partial charge in [0.2, 0.25) is 0 Å². The van der Waals surface area contributed by atoms with Crippen LogP contribution >= 0.6 is 0 Å². The van der Waals surface area contributed by atoms with Gasteiger partial charge in [-0.05, 0) is 66.8 Å². The number of rotatable bonds is 11. The van der Waals surface area contributed by atoms with E-state index in [1.165, 1.54) is 37.7 Å². The summed E-state index contributed by atoms with van der Waals surface area (Å²) in [6.07, 6.45) is 10.5. The first-order chi connectivity index (χ1) is 12.3. The van der Waals surface area contributed by atoms with E-state index in [1.54, 1.807) is 0 Å². The number of unbranched alkanes of at least 4 members (excludes halogenated alkanes) is 4. The van der Waals surface area contributed by atoms with Crippen LogP contribution in [0.5, 0.6) is 5.75 Å². The molecule has 0 saturated heterocycles. The fraction of sp³-hybridized carbons (Fsp3) is 0.435. The summed E-state index contributed by atoms with van der Waals surface area (Å²) in [5.74, 6) is 0.935. The molecular weight excluding hydrogens is 306 g/mol. The quantitative estimate of drug-likeness (QED) is 0.329. The van der Waals surface area contributed by atoms with Gasteiger partial charge < -0.3 is 4.74 Å². The summed E-state index contributed by atoms with van der Waals surface area (Å²) >= 11 is 0. The monoisotopic (exact) mass is 337 g/mol. The van der Waals surface area contributed by atoms with Crippen molar-refractivity contribution in [1.29, 1.82) is 0 Å². The van der Waals surface area contributed by atoms with Gasteiger partial charge in [-0.3, -0.25) is 4.99 Å². The molecule has 2 aromatic carbocycles. The fourth-order valence-corrected chi connectivity index (χ4v) is 2.67. The zero-order valence-corrected chi connectivity index (χ0v) is 15.7. The van der Waals surface area contributed by atoms with E-state index in [1.807, 2.05) is 18.3 Å². The molecule has 2 nitrogen and oxygen atoms in total. The van der Waals surface area contributed by atoms with Crippen LogP contribution in [0.3, 0.4) is 0 Å². The van der Waals surface area contributed by atoms with E-state index in [0.29, 0.717) is 0 Å². The van der Waals surface area contributed by atoms with Crippen LogP contribution in [0, 0.1) is 0 Å². The highest BCUT2D eigenvalue weighted by molar-refractivity contribution is 5.82. The van der Waals surface area contributed by atoms with Crippen molar-refractivity contribution in [2.75, 3.05) is 6.61 Å². The molecular formula is C23H31NO. The van der Waals surface area contributed by atoms with E-state index in [4.69, 9.17) is 4.74 Å². The van der Waals surface area contributed by atoms with Crippen molar-refractivity contribution < 1.29 is 4.74 Å². The third-order valence-corrected chi connectivity index (χ3v) is 4.26. The molecule has 0 atom stereocenters. The summed E-state index contributed by atoms with van der Waals surface area (Å²) < 4.78 is 5.73. The number of hydrogen-bond acceptors (Lipinski definition) is 2. The zero-order valence-electron chi connectivity index (χ0n) is 15.7. The molecule has 134 valence electrons. The molecule has 0 amide bonds. The van der Waals surface area contributed by atoms with Crippen LogP contribution in [-0.4, -0.2) is 12.8 Å². The number of aryl methyl sites for hydroxylation is 1. The van der Waals surface area contributed by atoms with E-state index >= 15 is 0 Å². The van der Waals surface area contributed by atoms with Crippen LogP contribution in [-0.2, 0) is 6.42 Å². The van der Waals surface area contributed by atoms with Crippen molar-refractivity contribution >= 4 is 11.9 Å². The smallest absolute Gasteiger partial charge is 0.119 e. The molecule has 0 spiro atoms. The third kappa shape index (κ3) is 7.55. The molecule has 0 fully saturated rings. The van der Waals surface area contributed by atoms with Crippen molar-refractivity contribution in [2.24, 2.45) is 4.99 Å². The lowest BCUT2D eigenvalue weighted by molar-refractivity contribution is 0.306. The van der Waals surface area contributed by atoms with Gasteiger partial charge in [0, 0.05) is 6.21 Å². The summed E-state index contributed by atoms with van der Waals surface area (Å²) in [5, 5.41) is 0. The normalized spacial score (nSPS) is 11.1. The lowest BCUT2D eigenvalue weighted by Gasteiger charge is -2.05. The van der Waals surface area contributed by atoms with E-state index in [2.05, 4.69) is 55.2 Å². The molecule has 0 aliphatic rings. The Morgan fingerprint density at radius 2 is 1.48 bits per heavy atom. The third-order valence-electron chi connectivity index (χ3n) is 4.26. The Labute approximate surface area is 153 Å². The molecule has 25 heavy (non-hydrogen) atoms. The lowest BCUT2D eigenvalue weighted by Crippen LogP contribution is -1.96. The largest absolute Gasteiger partial charge is 0.494 e. The maximum Gasteiger partial charge on any atom is 0.119 e. The minimum absolute atomic E-state index is 0.798. The van der Waals surface area contributed by atoms with E-state index < -0.39 is 0 Å². The average Bonchev–Trinajstić information content (AvgIpc) is 2.66. The topological polar surface area (TPSA) is 21.6 Å². The van der Waals surface area contributed by atoms with Gasteiger partial charge in [-0.25, -0.2) is 0 Å². The number of hydrogen-bond donors (Lipinski definition) is 0. The Morgan fingerprint density at radius 3 is 2.16 bits per heavy atom. The first-order valence-electron chi connectivity index (χ1n) is 9.67. The first-order valence-corrected chi connectivity index (χ1v) is 9.67. The van der Waals surface area contributed by atoms with Crippen LogP contribution in [0.2, 0.25) is 0 Å². The maximum atomic E-state index is 5.73. The number of aliphatic imine (C=N–C) groups is 1. The van der Waals surface area contributed by atoms with Gasteiger partial charge in [0.1, 0.15) is 5.75 Å². The van der Waals surface area contributed by atoms with Crippen molar-refractivity contribution in [3.8, 4) is 5.75 Å². The van der Waals surface area contributed by atoms with E-state index in [-0.39, 0.29) is 0 Å². The molecule has 0 aromatic heterocycles. The zero-order chi connectivity index (χ0) is 17.7. The second kappa shape index (κ2) is 11.5. The molecule has 0 N–H and O–H groups in total. The van der Waals surface area contributed by atoms with Crippen molar-refractivity contribution in [2.45, 2.75) is 58.8 Å². The first kappa shape index (κ1) is 19.2. The van der Waals surface area contributed by atoms with E-state index in [9.17, 15) is 0 Å². The molecule has 0 unspecified atom stereocenters. The van der Waals surface area contributed by atoms with Crippen molar-refractivity contribution in [3.05, 3.63) is 59.7 Å². The van der Waals surface area contributed by atoms with Gasteiger partial charge in [-0.2, -0.15) is 0 Å². The highest BCUT2D eigenvalue weighted by Gasteiger charge is 1.96. The number of benzene rings is 2. The molecule has 2 rings (SSSR count). The van der Waals surface area contributed by atoms with Gasteiger partial charge in [-0.15, -0.1) is 0 Å². The van der Waals surface area contributed by atoms with E-state index in [0.717, 1.165) is 36.4 Å². The van der Waals surface area contributed by atoms with Crippen LogP contribution in [0.15, 0.2) is 53.5 Å². The molecule has 0 aliphatic heterocycles. The van der Waals surface area contributed by atoms with Crippen molar-refractivity contribution in [1.82, 2.24) is 0 Å². The fourth-order valence-electron chi connectivity index (χ4n) is 2.67. The Hall–Kier alpha value is -2.09. The van der Waals surface area contributed by atoms with Crippen LogP contribution in [0.1, 0.15) is 63.5 Å². The van der Waals surface area contributed by atoms with Crippen LogP contribution < -0.4 is 4.74 Å². The van der Waals surface area contributed by atoms with Gasteiger partial charge in [0.05, 0.1) is 12.3 Å². The minimum Gasteiger partial charge on any atom is -0.494 e. The second-order valence-corrected chi connectivity index (χ2v) is 6.51. The number of ether oxygens (including phenoxy) is 1. The summed E-state index contributed by atoms with van der Waals surface area (Å²) in [6.45, 7) is 5.24. The minimum atomic E-state index is 0.798. The van der Waals surface area contributed by atoms with Gasteiger partial charge in [0.15, 0.2) is 0 Å². The Balaban J connectivity index is 1.82. The molecule has 2 heteroatoms. The molecule has 0 bridgehead atoms. The molecule has 2 aromatic rings. The standard InChI is InChI=1S/C23H31NO/c1-3-5-7-9-20-10-14-22(15-11-20)24-19-21-12-16-23(17-13-21)25-18-8-6-4-2/h10-17,19H,3-9,18H2,1-2H3. The lowest BCUT2D eigenvalue weighted by atomic mass is 10.1. The summed E-state index contributed by atoms with van der Waals surface area (Å²) in [7, 11) is 0. The van der Waals surface area contributed by atoms with Crippen molar-refractivity contribution in [3.63, 3.8) is 0 Å². The van der Waals surface area contributed by atoms with Gasteiger partial charge >= 0.3 is 0 Å². The summed E-state index contributed by atoms with van der Waals surface area (Å²) in [4.78, 5) is 4.56. The van der Waals surface area contributed by atoms with Crippen LogP contribution in [0.4, 0.5) is 5.69 Å². The molecule has 0 aliphatic carbocycles. The molecule has 0 heterocycles. The highest BCUT2D eigenvalue weighted by atomic mass is 16.5. The predicted molar refractivity (Wildman–Crippen MR) is 108 cm³/mol. The highest BCUT2D eigenvalue weighted by Crippen LogP contribution is 2.16. The SMILES string of the molecule is CCCCCOc1ccc(C=Nc2ccc(CCCCC)cc2)cc1. The second-order valence-electron chi connectivity index (χ2n) is 6.51. The summed E-state index contributed by atoms with van der Waals surface area (Å²) in [6, 6.07) is 16.7. The average molecular weight is 338 g/mol. The Morgan fingerprint density at radius 1 is 0.800 bits per heavy atom.